The normalized spacial score (nSPS) is 17.2. The van der Waals surface area contributed by atoms with Crippen LogP contribution in [0.1, 0.15) is 25.3 Å². The van der Waals surface area contributed by atoms with Gasteiger partial charge < -0.3 is 10.6 Å². The second-order valence-electron chi connectivity index (χ2n) is 5.08. The monoisotopic (exact) mass is 218 g/mol. The molecule has 0 amide bonds. The third kappa shape index (κ3) is 2.38. The fraction of sp³-hybridized carbons (Fsp3) is 0.571. The van der Waals surface area contributed by atoms with Gasteiger partial charge in [0.15, 0.2) is 0 Å². The van der Waals surface area contributed by atoms with Gasteiger partial charge in [-0.25, -0.2) is 0 Å². The van der Waals surface area contributed by atoms with Crippen molar-refractivity contribution in [1.29, 1.82) is 0 Å². The number of hydrogen-bond donors (Lipinski definition) is 1. The van der Waals surface area contributed by atoms with Crippen LogP contribution in [0, 0.1) is 5.41 Å². The molecule has 1 aromatic carbocycles. The zero-order valence-electron chi connectivity index (χ0n) is 10.4. The number of rotatable bonds is 5. The summed E-state index contributed by atoms with van der Waals surface area (Å²) in [5.41, 5.74) is 8.93. The molecule has 0 atom stereocenters. The number of hydrogen-bond acceptors (Lipinski definition) is 2. The second-order valence-corrected chi connectivity index (χ2v) is 5.08. The number of nitrogens with two attached hydrogens (primary N) is 1. The molecule has 88 valence electrons. The van der Waals surface area contributed by atoms with Gasteiger partial charge in [0.05, 0.1) is 0 Å². The van der Waals surface area contributed by atoms with Crippen molar-refractivity contribution in [2.24, 2.45) is 11.1 Å². The van der Waals surface area contributed by atoms with E-state index in [0.717, 1.165) is 19.5 Å². The Morgan fingerprint density at radius 2 is 1.88 bits per heavy atom. The van der Waals surface area contributed by atoms with E-state index in [1.165, 1.54) is 24.1 Å². The summed E-state index contributed by atoms with van der Waals surface area (Å²) in [5, 5.41) is 0. The average Bonchev–Trinajstić information content (AvgIpc) is 3.09. The van der Waals surface area contributed by atoms with Crippen LogP contribution < -0.4 is 10.6 Å². The van der Waals surface area contributed by atoms with E-state index in [4.69, 9.17) is 5.73 Å². The third-order valence-electron chi connectivity index (χ3n) is 3.75. The summed E-state index contributed by atoms with van der Waals surface area (Å²) in [5.74, 6) is 0. The van der Waals surface area contributed by atoms with E-state index in [9.17, 15) is 0 Å². The van der Waals surface area contributed by atoms with Gasteiger partial charge in [0.1, 0.15) is 0 Å². The fourth-order valence-corrected chi connectivity index (χ4v) is 2.18. The lowest BCUT2D eigenvalue weighted by atomic mass is 10.1. The molecule has 0 bridgehead atoms. The van der Waals surface area contributed by atoms with E-state index in [2.05, 4.69) is 43.1 Å². The molecule has 2 N–H and O–H groups in total. The summed E-state index contributed by atoms with van der Waals surface area (Å²) < 4.78 is 0. The molecule has 16 heavy (non-hydrogen) atoms. The topological polar surface area (TPSA) is 29.3 Å². The van der Waals surface area contributed by atoms with Crippen molar-refractivity contribution in [2.75, 3.05) is 25.0 Å². The lowest BCUT2D eigenvalue weighted by molar-refractivity contribution is 0.523. The highest BCUT2D eigenvalue weighted by atomic mass is 15.1. The van der Waals surface area contributed by atoms with Crippen molar-refractivity contribution in [2.45, 2.75) is 26.2 Å². The Kier molecular flexibility index (Phi) is 3.20. The van der Waals surface area contributed by atoms with Crippen LogP contribution in [0.3, 0.4) is 0 Å². The first-order valence-electron chi connectivity index (χ1n) is 6.19. The predicted octanol–water partition coefficient (Wildman–Crippen LogP) is 2.42. The first kappa shape index (κ1) is 11.5. The first-order chi connectivity index (χ1) is 7.69. The molecule has 2 rings (SSSR count). The van der Waals surface area contributed by atoms with Gasteiger partial charge in [-0.15, -0.1) is 0 Å². The zero-order valence-corrected chi connectivity index (χ0v) is 10.4. The highest BCUT2D eigenvalue weighted by Gasteiger charge is 2.41. The second kappa shape index (κ2) is 4.46. The Labute approximate surface area is 98.4 Å². The van der Waals surface area contributed by atoms with Crippen molar-refractivity contribution in [3.63, 3.8) is 0 Å². The number of nitrogens with zero attached hydrogens (tertiary/aromatic N) is 1. The number of anilines is 1. The van der Waals surface area contributed by atoms with Crippen molar-refractivity contribution >= 4 is 5.69 Å². The molecular formula is C14H22N2. The van der Waals surface area contributed by atoms with E-state index in [-0.39, 0.29) is 0 Å². The Morgan fingerprint density at radius 1 is 1.25 bits per heavy atom. The standard InChI is InChI=1S/C14H22N2/c1-3-12-4-6-13(7-5-12)16(2)11-14(10-15)8-9-14/h4-7H,3,8-11,15H2,1-2H3. The predicted molar refractivity (Wildman–Crippen MR) is 69.8 cm³/mol. The molecule has 0 saturated heterocycles. The van der Waals surface area contributed by atoms with E-state index >= 15 is 0 Å². The molecule has 0 unspecified atom stereocenters. The molecule has 1 aromatic rings. The molecule has 1 fully saturated rings. The SMILES string of the molecule is CCc1ccc(N(C)CC2(CN)CC2)cc1. The molecule has 0 spiro atoms. The first-order valence-corrected chi connectivity index (χ1v) is 6.19. The molecule has 0 aliphatic heterocycles. The molecule has 1 aliphatic rings. The minimum Gasteiger partial charge on any atom is -0.374 e. The van der Waals surface area contributed by atoms with Gasteiger partial charge in [0.2, 0.25) is 0 Å². The molecule has 0 radical (unpaired) electrons. The molecule has 1 aliphatic carbocycles. The van der Waals surface area contributed by atoms with E-state index in [1.807, 2.05) is 0 Å². The largest absolute Gasteiger partial charge is 0.374 e. The number of benzene rings is 1. The fourth-order valence-electron chi connectivity index (χ4n) is 2.18. The number of aryl methyl sites for hydroxylation is 1. The maximum atomic E-state index is 5.81. The highest BCUT2D eigenvalue weighted by molar-refractivity contribution is 5.47. The maximum absolute atomic E-state index is 5.81. The zero-order chi connectivity index (χ0) is 11.6. The van der Waals surface area contributed by atoms with Crippen LogP contribution in [0.25, 0.3) is 0 Å². The van der Waals surface area contributed by atoms with Crippen LogP contribution in [0.2, 0.25) is 0 Å². The van der Waals surface area contributed by atoms with Gasteiger partial charge in [0, 0.05) is 24.7 Å². The Bertz CT molecular complexity index is 338. The summed E-state index contributed by atoms with van der Waals surface area (Å²) in [6.45, 7) is 4.10. The molecule has 0 heterocycles. The molecule has 1 saturated carbocycles. The van der Waals surface area contributed by atoms with Crippen LogP contribution >= 0.6 is 0 Å². The van der Waals surface area contributed by atoms with Gasteiger partial charge in [0.25, 0.3) is 0 Å². The highest BCUT2D eigenvalue weighted by Crippen LogP contribution is 2.45. The van der Waals surface area contributed by atoms with Crippen LogP contribution in [-0.4, -0.2) is 20.1 Å². The maximum Gasteiger partial charge on any atom is 0.0363 e. The third-order valence-corrected chi connectivity index (χ3v) is 3.75. The Balaban J connectivity index is 2.00. The van der Waals surface area contributed by atoms with Crippen LogP contribution in [0.5, 0.6) is 0 Å². The molecule has 0 aromatic heterocycles. The van der Waals surface area contributed by atoms with Crippen molar-refractivity contribution in [1.82, 2.24) is 0 Å². The summed E-state index contributed by atoms with van der Waals surface area (Å²) in [6.07, 6.45) is 3.69. The van der Waals surface area contributed by atoms with Gasteiger partial charge in [-0.1, -0.05) is 19.1 Å². The lowest BCUT2D eigenvalue weighted by Gasteiger charge is -2.24. The molecule has 2 heteroatoms. The quantitative estimate of drug-likeness (QED) is 0.822. The van der Waals surface area contributed by atoms with Crippen LogP contribution in [0.4, 0.5) is 5.69 Å². The Morgan fingerprint density at radius 3 is 2.31 bits per heavy atom. The molecule has 2 nitrogen and oxygen atoms in total. The summed E-state index contributed by atoms with van der Waals surface area (Å²) in [6, 6.07) is 8.86. The van der Waals surface area contributed by atoms with Crippen LogP contribution in [0.15, 0.2) is 24.3 Å². The average molecular weight is 218 g/mol. The van der Waals surface area contributed by atoms with Crippen molar-refractivity contribution in [3.05, 3.63) is 29.8 Å². The van der Waals surface area contributed by atoms with E-state index < -0.39 is 0 Å². The Hall–Kier alpha value is -1.02. The van der Waals surface area contributed by atoms with Gasteiger partial charge in [-0.2, -0.15) is 0 Å². The van der Waals surface area contributed by atoms with Gasteiger partial charge in [-0.05, 0) is 43.5 Å². The summed E-state index contributed by atoms with van der Waals surface area (Å²) in [7, 11) is 2.16. The van der Waals surface area contributed by atoms with Crippen LogP contribution in [-0.2, 0) is 6.42 Å². The van der Waals surface area contributed by atoms with Crippen molar-refractivity contribution < 1.29 is 0 Å². The smallest absolute Gasteiger partial charge is 0.0363 e. The van der Waals surface area contributed by atoms with Gasteiger partial charge >= 0.3 is 0 Å². The summed E-state index contributed by atoms with van der Waals surface area (Å²) >= 11 is 0. The minimum absolute atomic E-state index is 0.415. The van der Waals surface area contributed by atoms with Gasteiger partial charge in [-0.3, -0.25) is 0 Å². The minimum atomic E-state index is 0.415. The van der Waals surface area contributed by atoms with Crippen molar-refractivity contribution in [3.8, 4) is 0 Å². The summed E-state index contributed by atoms with van der Waals surface area (Å²) in [4.78, 5) is 2.33. The molecular weight excluding hydrogens is 196 g/mol. The van der Waals surface area contributed by atoms with E-state index in [0.29, 0.717) is 5.41 Å². The van der Waals surface area contributed by atoms with E-state index in [1.54, 1.807) is 0 Å². The lowest BCUT2D eigenvalue weighted by Crippen LogP contribution is -2.31.